The molecule has 0 unspecified atom stereocenters. The molecular formula is C13H11ClN2O. The van der Waals surface area contributed by atoms with E-state index in [4.69, 9.17) is 16.1 Å². The normalized spacial score (nSPS) is 11.2. The monoisotopic (exact) mass is 246 g/mol. The van der Waals surface area contributed by atoms with E-state index in [9.17, 15) is 0 Å². The minimum atomic E-state index is 0.711. The highest BCUT2D eigenvalue weighted by Gasteiger charge is 2.05. The van der Waals surface area contributed by atoms with Crippen LogP contribution in [-0.2, 0) is 6.54 Å². The molecule has 1 aromatic carbocycles. The fourth-order valence-electron chi connectivity index (χ4n) is 1.98. The van der Waals surface area contributed by atoms with E-state index in [1.807, 2.05) is 43.5 Å². The van der Waals surface area contributed by atoms with Gasteiger partial charge in [0.25, 0.3) is 0 Å². The van der Waals surface area contributed by atoms with Gasteiger partial charge in [0.1, 0.15) is 11.5 Å². The summed E-state index contributed by atoms with van der Waals surface area (Å²) in [5, 5.41) is 5.89. The lowest BCUT2D eigenvalue weighted by Crippen LogP contribution is -1.97. The molecule has 0 spiro atoms. The molecule has 2 aromatic heterocycles. The second-order valence-corrected chi connectivity index (χ2v) is 4.51. The predicted molar refractivity (Wildman–Crippen MR) is 67.3 cm³/mol. The fourth-order valence-corrected chi connectivity index (χ4v) is 2.16. The van der Waals surface area contributed by atoms with Gasteiger partial charge in [0, 0.05) is 28.2 Å². The van der Waals surface area contributed by atoms with E-state index in [1.54, 1.807) is 0 Å². The van der Waals surface area contributed by atoms with Gasteiger partial charge in [0.05, 0.1) is 6.54 Å². The van der Waals surface area contributed by atoms with Crippen molar-refractivity contribution in [1.82, 2.24) is 9.72 Å². The van der Waals surface area contributed by atoms with Crippen molar-refractivity contribution >= 4 is 22.5 Å². The number of rotatable bonds is 2. The largest absolute Gasteiger partial charge is 0.361 e. The van der Waals surface area contributed by atoms with E-state index < -0.39 is 0 Å². The van der Waals surface area contributed by atoms with Gasteiger partial charge >= 0.3 is 0 Å². The summed E-state index contributed by atoms with van der Waals surface area (Å²) in [6.07, 6.45) is 2.03. The zero-order valence-corrected chi connectivity index (χ0v) is 10.1. The quantitative estimate of drug-likeness (QED) is 0.691. The van der Waals surface area contributed by atoms with Crippen molar-refractivity contribution in [2.24, 2.45) is 0 Å². The van der Waals surface area contributed by atoms with Gasteiger partial charge in [-0.3, -0.25) is 0 Å². The zero-order chi connectivity index (χ0) is 11.8. The van der Waals surface area contributed by atoms with Crippen LogP contribution in [-0.4, -0.2) is 9.72 Å². The van der Waals surface area contributed by atoms with Gasteiger partial charge in [0.2, 0.25) is 0 Å². The van der Waals surface area contributed by atoms with Gasteiger partial charge < -0.3 is 9.09 Å². The first-order valence-corrected chi connectivity index (χ1v) is 5.77. The Kier molecular flexibility index (Phi) is 2.41. The minimum absolute atomic E-state index is 0.711. The average molecular weight is 247 g/mol. The van der Waals surface area contributed by atoms with E-state index in [-0.39, 0.29) is 0 Å². The van der Waals surface area contributed by atoms with Crippen LogP contribution in [0.3, 0.4) is 0 Å². The number of aryl methyl sites for hydroxylation is 1. The first kappa shape index (κ1) is 10.4. The SMILES string of the molecule is Cc1cc(Cn2ccc3cc(Cl)ccc32)no1. The Hall–Kier alpha value is -1.74. The second kappa shape index (κ2) is 3.93. The van der Waals surface area contributed by atoms with Crippen LogP contribution in [0, 0.1) is 6.92 Å². The van der Waals surface area contributed by atoms with Crippen molar-refractivity contribution in [3.8, 4) is 0 Å². The Morgan fingerprint density at radius 2 is 2.18 bits per heavy atom. The van der Waals surface area contributed by atoms with Gasteiger partial charge in [-0.05, 0) is 31.2 Å². The molecule has 86 valence electrons. The van der Waals surface area contributed by atoms with Crippen LogP contribution in [0.4, 0.5) is 0 Å². The summed E-state index contributed by atoms with van der Waals surface area (Å²) in [5.74, 6) is 0.833. The van der Waals surface area contributed by atoms with Gasteiger partial charge in [-0.2, -0.15) is 0 Å². The van der Waals surface area contributed by atoms with Crippen LogP contribution in [0.2, 0.25) is 5.02 Å². The van der Waals surface area contributed by atoms with Crippen molar-refractivity contribution in [2.75, 3.05) is 0 Å². The molecule has 0 aliphatic heterocycles. The average Bonchev–Trinajstić information content (AvgIpc) is 2.86. The third-order valence-electron chi connectivity index (χ3n) is 2.74. The summed E-state index contributed by atoms with van der Waals surface area (Å²) in [5.41, 5.74) is 2.07. The molecule has 2 heterocycles. The number of halogens is 1. The van der Waals surface area contributed by atoms with E-state index in [2.05, 4.69) is 9.72 Å². The summed E-state index contributed by atoms with van der Waals surface area (Å²) in [7, 11) is 0. The minimum Gasteiger partial charge on any atom is -0.361 e. The molecule has 3 rings (SSSR count). The number of nitrogens with zero attached hydrogens (tertiary/aromatic N) is 2. The van der Waals surface area contributed by atoms with E-state index in [0.29, 0.717) is 6.54 Å². The molecule has 3 aromatic rings. The van der Waals surface area contributed by atoms with Crippen molar-refractivity contribution < 1.29 is 4.52 Å². The van der Waals surface area contributed by atoms with Crippen molar-refractivity contribution in [1.29, 1.82) is 0 Å². The van der Waals surface area contributed by atoms with Gasteiger partial charge in [0.15, 0.2) is 0 Å². The summed E-state index contributed by atoms with van der Waals surface area (Å²) < 4.78 is 7.19. The van der Waals surface area contributed by atoms with E-state index in [1.165, 1.54) is 0 Å². The molecule has 0 amide bonds. The predicted octanol–water partition coefficient (Wildman–Crippen LogP) is 3.64. The maximum absolute atomic E-state index is 5.95. The number of hydrogen-bond donors (Lipinski definition) is 0. The molecule has 4 heteroatoms. The van der Waals surface area contributed by atoms with Crippen molar-refractivity contribution in [3.63, 3.8) is 0 Å². The molecule has 0 saturated heterocycles. The lowest BCUT2D eigenvalue weighted by atomic mass is 10.2. The summed E-state index contributed by atoms with van der Waals surface area (Å²) >= 11 is 5.95. The number of fused-ring (bicyclic) bond motifs is 1. The Bertz CT molecular complexity index is 669. The molecular weight excluding hydrogens is 236 g/mol. The first-order valence-electron chi connectivity index (χ1n) is 5.39. The fraction of sp³-hybridized carbons (Fsp3) is 0.154. The van der Waals surface area contributed by atoms with Gasteiger partial charge in [-0.25, -0.2) is 0 Å². The molecule has 3 nitrogen and oxygen atoms in total. The summed E-state index contributed by atoms with van der Waals surface area (Å²) in [6, 6.07) is 9.87. The highest BCUT2D eigenvalue weighted by atomic mass is 35.5. The van der Waals surface area contributed by atoms with Crippen LogP contribution in [0.1, 0.15) is 11.5 Å². The Labute approximate surface area is 104 Å². The molecule has 0 saturated carbocycles. The molecule has 17 heavy (non-hydrogen) atoms. The first-order chi connectivity index (χ1) is 8.22. The molecule has 0 atom stereocenters. The van der Waals surface area contributed by atoms with Crippen LogP contribution in [0.25, 0.3) is 10.9 Å². The highest BCUT2D eigenvalue weighted by Crippen LogP contribution is 2.21. The lowest BCUT2D eigenvalue weighted by Gasteiger charge is -2.02. The maximum atomic E-state index is 5.95. The van der Waals surface area contributed by atoms with Crippen molar-refractivity contribution in [3.05, 3.63) is 53.0 Å². The van der Waals surface area contributed by atoms with Gasteiger partial charge in [-0.1, -0.05) is 16.8 Å². The molecule has 0 radical (unpaired) electrons. The topological polar surface area (TPSA) is 31.0 Å². The number of benzene rings is 1. The smallest absolute Gasteiger partial charge is 0.133 e. The molecule has 0 aliphatic rings. The molecule has 0 aliphatic carbocycles. The summed E-state index contributed by atoms with van der Waals surface area (Å²) in [6.45, 7) is 2.60. The van der Waals surface area contributed by atoms with Crippen LogP contribution >= 0.6 is 11.6 Å². The molecule has 0 fully saturated rings. The molecule has 0 bridgehead atoms. The Balaban J connectivity index is 2.00. The van der Waals surface area contributed by atoms with Crippen LogP contribution in [0.15, 0.2) is 41.1 Å². The number of aromatic nitrogens is 2. The zero-order valence-electron chi connectivity index (χ0n) is 9.35. The maximum Gasteiger partial charge on any atom is 0.133 e. The number of hydrogen-bond acceptors (Lipinski definition) is 2. The second-order valence-electron chi connectivity index (χ2n) is 4.08. The third-order valence-corrected chi connectivity index (χ3v) is 2.98. The van der Waals surface area contributed by atoms with E-state index in [0.717, 1.165) is 27.4 Å². The van der Waals surface area contributed by atoms with Crippen LogP contribution < -0.4 is 0 Å². The van der Waals surface area contributed by atoms with E-state index >= 15 is 0 Å². The Morgan fingerprint density at radius 1 is 1.29 bits per heavy atom. The Morgan fingerprint density at radius 3 is 2.94 bits per heavy atom. The highest BCUT2D eigenvalue weighted by molar-refractivity contribution is 6.31. The third kappa shape index (κ3) is 1.94. The standard InChI is InChI=1S/C13H11ClN2O/c1-9-6-12(15-17-9)8-16-5-4-10-7-11(14)2-3-13(10)16/h2-7H,8H2,1H3. The van der Waals surface area contributed by atoms with Gasteiger partial charge in [-0.15, -0.1) is 0 Å². The van der Waals surface area contributed by atoms with Crippen molar-refractivity contribution in [2.45, 2.75) is 13.5 Å². The van der Waals surface area contributed by atoms with Crippen LogP contribution in [0.5, 0.6) is 0 Å². The molecule has 0 N–H and O–H groups in total. The lowest BCUT2D eigenvalue weighted by molar-refractivity contribution is 0.389. The summed E-state index contributed by atoms with van der Waals surface area (Å²) in [4.78, 5) is 0.